The number of thiazole rings is 1. The van der Waals surface area contributed by atoms with Crippen molar-refractivity contribution in [2.75, 3.05) is 37.9 Å². The zero-order valence-corrected chi connectivity index (χ0v) is 9.66. The molecule has 2 heterocycles. The van der Waals surface area contributed by atoms with Crippen molar-refractivity contribution in [1.29, 1.82) is 0 Å². The molecular formula is C9H15N3O2S. The lowest BCUT2D eigenvalue weighted by Gasteiger charge is -2.13. The van der Waals surface area contributed by atoms with Crippen LogP contribution in [0.15, 0.2) is 6.20 Å². The van der Waals surface area contributed by atoms with Crippen molar-refractivity contribution in [3.8, 4) is 0 Å². The van der Waals surface area contributed by atoms with E-state index >= 15 is 0 Å². The first-order valence-corrected chi connectivity index (χ1v) is 5.58. The van der Waals surface area contributed by atoms with Gasteiger partial charge in [-0.1, -0.05) is 11.3 Å². The molecule has 5 nitrogen and oxygen atoms in total. The molecule has 0 spiro atoms. The van der Waals surface area contributed by atoms with Crippen molar-refractivity contribution < 1.29 is 9.47 Å². The molecule has 0 saturated carbocycles. The third kappa shape index (κ3) is 2.06. The summed E-state index contributed by atoms with van der Waals surface area (Å²) in [6.45, 7) is 1.61. The third-order valence-corrected chi connectivity index (χ3v) is 3.49. The molecule has 1 aliphatic rings. The van der Waals surface area contributed by atoms with Crippen LogP contribution in [0.2, 0.25) is 0 Å². The van der Waals surface area contributed by atoms with Crippen LogP contribution in [0.4, 0.5) is 10.1 Å². The largest absolute Gasteiger partial charge is 0.389 e. The molecule has 0 aromatic carbocycles. The van der Waals surface area contributed by atoms with Gasteiger partial charge in [0.2, 0.25) is 0 Å². The number of hydrogen-bond donors (Lipinski definition) is 1. The van der Waals surface area contributed by atoms with Gasteiger partial charge >= 0.3 is 0 Å². The maximum absolute atomic E-state index is 5.65. The van der Waals surface area contributed by atoms with Gasteiger partial charge in [-0.3, -0.25) is 0 Å². The summed E-state index contributed by atoms with van der Waals surface area (Å²) in [4.78, 5) is 6.39. The second-order valence-electron chi connectivity index (χ2n) is 3.50. The summed E-state index contributed by atoms with van der Waals surface area (Å²) in [7, 11) is 3.41. The van der Waals surface area contributed by atoms with Crippen LogP contribution in [-0.2, 0) is 9.47 Å². The van der Waals surface area contributed by atoms with Crippen LogP contribution >= 0.6 is 11.3 Å². The molecule has 1 aliphatic heterocycles. The van der Waals surface area contributed by atoms with Gasteiger partial charge < -0.3 is 20.1 Å². The number of rotatable bonds is 3. The van der Waals surface area contributed by atoms with E-state index in [2.05, 4.69) is 9.88 Å². The predicted octanol–water partition coefficient (Wildman–Crippen LogP) is 0.575. The number of methoxy groups -OCH3 is 2. The average molecular weight is 229 g/mol. The standard InChI is InChI=1S/C9H15N3O2S/c1-13-6-4-12(5-7(6)14-2)9-11-3-8(10)15-9/h3,6-7H,4-5,10H2,1-2H3. The van der Waals surface area contributed by atoms with Gasteiger partial charge in [-0.05, 0) is 0 Å². The van der Waals surface area contributed by atoms with Crippen molar-refractivity contribution in [2.45, 2.75) is 12.2 Å². The number of aromatic nitrogens is 1. The van der Waals surface area contributed by atoms with Gasteiger partial charge in [0.15, 0.2) is 5.13 Å². The first-order valence-electron chi connectivity index (χ1n) is 4.76. The van der Waals surface area contributed by atoms with Gasteiger partial charge in [-0.2, -0.15) is 0 Å². The van der Waals surface area contributed by atoms with Crippen LogP contribution in [0, 0.1) is 0 Å². The lowest BCUT2D eigenvalue weighted by molar-refractivity contribution is -0.00461. The molecule has 1 aromatic heterocycles. The highest BCUT2D eigenvalue weighted by atomic mass is 32.1. The summed E-state index contributed by atoms with van der Waals surface area (Å²) in [5.41, 5.74) is 5.65. The Hall–Kier alpha value is -0.850. The number of nitrogen functional groups attached to an aromatic ring is 1. The lowest BCUT2D eigenvalue weighted by atomic mass is 10.3. The van der Waals surface area contributed by atoms with Gasteiger partial charge in [-0.15, -0.1) is 0 Å². The second kappa shape index (κ2) is 4.34. The molecule has 1 fully saturated rings. The monoisotopic (exact) mass is 229 g/mol. The quantitative estimate of drug-likeness (QED) is 0.821. The van der Waals surface area contributed by atoms with E-state index in [0.717, 1.165) is 23.2 Å². The van der Waals surface area contributed by atoms with Crippen molar-refractivity contribution in [1.82, 2.24) is 4.98 Å². The third-order valence-electron chi connectivity index (χ3n) is 2.60. The van der Waals surface area contributed by atoms with Crippen LogP contribution in [0.5, 0.6) is 0 Å². The average Bonchev–Trinajstić information content (AvgIpc) is 2.82. The van der Waals surface area contributed by atoms with Crippen LogP contribution in [0.1, 0.15) is 0 Å². The summed E-state index contributed by atoms with van der Waals surface area (Å²) >= 11 is 1.49. The zero-order valence-electron chi connectivity index (χ0n) is 8.84. The molecular weight excluding hydrogens is 214 g/mol. The molecule has 2 unspecified atom stereocenters. The van der Waals surface area contributed by atoms with E-state index in [-0.39, 0.29) is 12.2 Å². The highest BCUT2D eigenvalue weighted by Crippen LogP contribution is 2.28. The molecule has 2 rings (SSSR count). The smallest absolute Gasteiger partial charge is 0.187 e. The normalized spacial score (nSPS) is 26.1. The number of nitrogens with zero attached hydrogens (tertiary/aromatic N) is 2. The Bertz CT molecular complexity index is 319. The molecule has 15 heavy (non-hydrogen) atoms. The molecule has 0 aliphatic carbocycles. The molecule has 2 N–H and O–H groups in total. The highest BCUT2D eigenvalue weighted by molar-refractivity contribution is 7.19. The Kier molecular flexibility index (Phi) is 3.08. The number of hydrogen-bond acceptors (Lipinski definition) is 6. The Morgan fingerprint density at radius 3 is 2.40 bits per heavy atom. The van der Waals surface area contributed by atoms with E-state index in [1.165, 1.54) is 11.3 Å². The van der Waals surface area contributed by atoms with Gasteiger partial charge in [-0.25, -0.2) is 4.98 Å². The first kappa shape index (κ1) is 10.7. The first-order chi connectivity index (χ1) is 7.24. The van der Waals surface area contributed by atoms with Crippen molar-refractivity contribution >= 4 is 21.5 Å². The summed E-state index contributed by atoms with van der Waals surface area (Å²) in [5.74, 6) is 0. The van der Waals surface area contributed by atoms with E-state index in [1.54, 1.807) is 20.4 Å². The molecule has 0 radical (unpaired) electrons. The van der Waals surface area contributed by atoms with Crippen LogP contribution in [-0.4, -0.2) is 44.5 Å². The highest BCUT2D eigenvalue weighted by Gasteiger charge is 2.34. The molecule has 2 atom stereocenters. The zero-order chi connectivity index (χ0) is 10.8. The molecule has 0 bridgehead atoms. The predicted molar refractivity (Wildman–Crippen MR) is 60.3 cm³/mol. The van der Waals surface area contributed by atoms with Gasteiger partial charge in [0.05, 0.1) is 6.20 Å². The van der Waals surface area contributed by atoms with Crippen molar-refractivity contribution in [2.24, 2.45) is 0 Å². The summed E-state index contributed by atoms with van der Waals surface area (Å²) in [5, 5.41) is 1.67. The Labute approximate surface area is 92.8 Å². The summed E-state index contributed by atoms with van der Waals surface area (Å²) < 4.78 is 10.7. The number of anilines is 2. The fourth-order valence-corrected chi connectivity index (χ4v) is 2.48. The van der Waals surface area contributed by atoms with Crippen LogP contribution in [0.25, 0.3) is 0 Å². The van der Waals surface area contributed by atoms with Crippen LogP contribution in [0.3, 0.4) is 0 Å². The minimum absolute atomic E-state index is 0.111. The molecule has 1 aromatic rings. The van der Waals surface area contributed by atoms with E-state index < -0.39 is 0 Å². The van der Waals surface area contributed by atoms with Crippen molar-refractivity contribution in [3.63, 3.8) is 0 Å². The van der Waals surface area contributed by atoms with Gasteiger partial charge in [0.1, 0.15) is 17.2 Å². The summed E-state index contributed by atoms with van der Waals surface area (Å²) in [6.07, 6.45) is 1.90. The minimum atomic E-state index is 0.111. The van der Waals surface area contributed by atoms with Gasteiger partial charge in [0.25, 0.3) is 0 Å². The number of ether oxygens (including phenoxy) is 2. The fourth-order valence-electron chi connectivity index (χ4n) is 1.78. The maximum Gasteiger partial charge on any atom is 0.187 e. The molecule has 6 heteroatoms. The molecule has 1 saturated heterocycles. The molecule has 84 valence electrons. The minimum Gasteiger partial charge on any atom is -0.389 e. The Morgan fingerprint density at radius 2 is 2.00 bits per heavy atom. The van der Waals surface area contributed by atoms with Crippen LogP contribution < -0.4 is 10.6 Å². The van der Waals surface area contributed by atoms with Crippen molar-refractivity contribution in [3.05, 3.63) is 6.20 Å². The Morgan fingerprint density at radius 1 is 1.40 bits per heavy atom. The Balaban J connectivity index is 2.07. The van der Waals surface area contributed by atoms with E-state index in [4.69, 9.17) is 15.2 Å². The van der Waals surface area contributed by atoms with E-state index in [1.807, 2.05) is 0 Å². The second-order valence-corrected chi connectivity index (χ2v) is 4.54. The lowest BCUT2D eigenvalue weighted by Crippen LogP contribution is -2.27. The molecule has 0 amide bonds. The SMILES string of the molecule is COC1CN(c2ncc(N)s2)CC1OC. The topological polar surface area (TPSA) is 60.6 Å². The maximum atomic E-state index is 5.65. The fraction of sp³-hybridized carbons (Fsp3) is 0.667. The van der Waals surface area contributed by atoms with E-state index in [9.17, 15) is 0 Å². The summed E-state index contributed by atoms with van der Waals surface area (Å²) in [6, 6.07) is 0. The van der Waals surface area contributed by atoms with E-state index in [0.29, 0.717) is 0 Å². The number of nitrogens with two attached hydrogens (primary N) is 1. The van der Waals surface area contributed by atoms with Gasteiger partial charge in [0, 0.05) is 27.3 Å².